The first-order valence-corrected chi connectivity index (χ1v) is 4.75. The van der Waals surface area contributed by atoms with E-state index in [4.69, 9.17) is 5.73 Å². The highest BCUT2D eigenvalue weighted by Crippen LogP contribution is 2.37. The van der Waals surface area contributed by atoms with Crippen LogP contribution < -0.4 is 5.73 Å². The molecule has 4 nitrogen and oxygen atoms in total. The van der Waals surface area contributed by atoms with E-state index in [-0.39, 0.29) is 6.03 Å². The Morgan fingerprint density at radius 3 is 2.62 bits per heavy atom. The van der Waals surface area contributed by atoms with Gasteiger partial charge in [-0.05, 0) is 30.9 Å². The fourth-order valence-electron chi connectivity index (χ4n) is 2.14. The summed E-state index contributed by atoms with van der Waals surface area (Å²) < 4.78 is 0. The van der Waals surface area contributed by atoms with Gasteiger partial charge < -0.3 is 10.6 Å². The minimum Gasteiger partial charge on any atom is -0.351 e. The summed E-state index contributed by atoms with van der Waals surface area (Å²) in [6.07, 6.45) is 5.20. The molecule has 2 N–H and O–H groups in total. The van der Waals surface area contributed by atoms with Gasteiger partial charge in [0, 0.05) is 19.6 Å². The van der Waals surface area contributed by atoms with Crippen LogP contribution in [0, 0.1) is 5.41 Å². The molecule has 2 aliphatic rings. The lowest BCUT2D eigenvalue weighted by Gasteiger charge is -2.37. The van der Waals surface area contributed by atoms with Crippen molar-refractivity contribution in [3.8, 4) is 0 Å². The molecule has 0 aromatic carbocycles. The molecule has 2 rings (SSSR count). The summed E-state index contributed by atoms with van der Waals surface area (Å²) in [4.78, 5) is 16.9. The summed E-state index contributed by atoms with van der Waals surface area (Å²) in [5.74, 6) is 0. The zero-order valence-corrected chi connectivity index (χ0v) is 7.70. The van der Waals surface area contributed by atoms with Crippen LogP contribution in [-0.2, 0) is 0 Å². The first-order chi connectivity index (χ1) is 6.22. The SMILES string of the molecule is NC(=O)N1CCC2(CC=NC2)CC1. The van der Waals surface area contributed by atoms with Crippen LogP contribution >= 0.6 is 0 Å². The lowest BCUT2D eigenvalue weighted by Crippen LogP contribution is -2.45. The topological polar surface area (TPSA) is 58.7 Å². The summed E-state index contributed by atoms with van der Waals surface area (Å²) in [5.41, 5.74) is 5.58. The van der Waals surface area contributed by atoms with Crippen molar-refractivity contribution in [3.05, 3.63) is 0 Å². The molecule has 2 heterocycles. The molecule has 0 aromatic rings. The Morgan fingerprint density at radius 1 is 1.46 bits per heavy atom. The van der Waals surface area contributed by atoms with Gasteiger partial charge in [-0.3, -0.25) is 4.99 Å². The average Bonchev–Trinajstić information content (AvgIpc) is 2.54. The second-order valence-corrected chi connectivity index (χ2v) is 4.05. The van der Waals surface area contributed by atoms with Crippen LogP contribution in [0.2, 0.25) is 0 Å². The molecule has 0 radical (unpaired) electrons. The summed E-state index contributed by atoms with van der Waals surface area (Å²) in [7, 11) is 0. The van der Waals surface area contributed by atoms with Gasteiger partial charge in [0.2, 0.25) is 0 Å². The number of nitrogens with two attached hydrogens (primary N) is 1. The van der Waals surface area contributed by atoms with Crippen molar-refractivity contribution in [2.45, 2.75) is 19.3 Å². The molecule has 1 fully saturated rings. The normalized spacial score (nSPS) is 25.4. The molecule has 0 aromatic heterocycles. The third kappa shape index (κ3) is 1.53. The van der Waals surface area contributed by atoms with Crippen LogP contribution in [0.5, 0.6) is 0 Å². The number of carbonyl (C=O) groups is 1. The zero-order valence-electron chi connectivity index (χ0n) is 7.70. The highest BCUT2D eigenvalue weighted by Gasteiger charge is 2.36. The van der Waals surface area contributed by atoms with E-state index >= 15 is 0 Å². The minimum absolute atomic E-state index is 0.284. The second-order valence-electron chi connectivity index (χ2n) is 4.05. The highest BCUT2D eigenvalue weighted by molar-refractivity contribution is 5.72. The van der Waals surface area contributed by atoms with Gasteiger partial charge in [-0.2, -0.15) is 0 Å². The predicted molar refractivity (Wildman–Crippen MR) is 50.8 cm³/mol. The van der Waals surface area contributed by atoms with Crippen molar-refractivity contribution >= 4 is 12.2 Å². The summed E-state index contributed by atoms with van der Waals surface area (Å²) in [5, 5.41) is 0. The minimum atomic E-state index is -0.284. The van der Waals surface area contributed by atoms with E-state index < -0.39 is 0 Å². The Balaban J connectivity index is 1.92. The van der Waals surface area contributed by atoms with Crippen molar-refractivity contribution < 1.29 is 4.79 Å². The highest BCUT2D eigenvalue weighted by atomic mass is 16.2. The average molecular weight is 181 g/mol. The number of aliphatic imine (C=N–C) groups is 1. The van der Waals surface area contributed by atoms with Crippen LogP contribution in [0.1, 0.15) is 19.3 Å². The summed E-state index contributed by atoms with van der Waals surface area (Å²) >= 11 is 0. The molecule has 0 unspecified atom stereocenters. The molecule has 1 spiro atoms. The Morgan fingerprint density at radius 2 is 2.15 bits per heavy atom. The number of hydrogen-bond acceptors (Lipinski definition) is 2. The van der Waals surface area contributed by atoms with Crippen LogP contribution in [0.3, 0.4) is 0 Å². The Hall–Kier alpha value is -1.06. The molecule has 0 bridgehead atoms. The molecule has 0 saturated carbocycles. The van der Waals surface area contributed by atoms with E-state index in [1.807, 2.05) is 6.21 Å². The van der Waals surface area contributed by atoms with Crippen LogP contribution in [0.25, 0.3) is 0 Å². The molecule has 1 saturated heterocycles. The quantitative estimate of drug-likeness (QED) is 0.585. The van der Waals surface area contributed by atoms with Crippen molar-refractivity contribution in [2.75, 3.05) is 19.6 Å². The van der Waals surface area contributed by atoms with E-state index in [1.165, 1.54) is 0 Å². The standard InChI is InChI=1S/C9H15N3O/c10-8(13)12-5-2-9(3-6-12)1-4-11-7-9/h4H,1-3,5-7H2,(H2,10,13). The Kier molecular flexibility index (Phi) is 1.98. The molecule has 0 atom stereocenters. The van der Waals surface area contributed by atoms with Crippen LogP contribution in [0.4, 0.5) is 4.79 Å². The fourth-order valence-corrected chi connectivity index (χ4v) is 2.14. The number of piperidine rings is 1. The van der Waals surface area contributed by atoms with Gasteiger partial charge in [0.15, 0.2) is 0 Å². The lowest BCUT2D eigenvalue weighted by atomic mass is 9.77. The molecule has 2 aliphatic heterocycles. The number of carbonyl (C=O) groups excluding carboxylic acids is 1. The van der Waals surface area contributed by atoms with Gasteiger partial charge in [0.25, 0.3) is 0 Å². The third-order valence-electron chi connectivity index (χ3n) is 3.22. The maximum atomic E-state index is 10.9. The number of likely N-dealkylation sites (tertiary alicyclic amines) is 1. The number of nitrogens with zero attached hydrogens (tertiary/aromatic N) is 2. The van der Waals surface area contributed by atoms with Crippen molar-refractivity contribution in [1.29, 1.82) is 0 Å². The maximum Gasteiger partial charge on any atom is 0.314 e. The molecular weight excluding hydrogens is 166 g/mol. The molecule has 0 aliphatic carbocycles. The van der Waals surface area contributed by atoms with Gasteiger partial charge >= 0.3 is 6.03 Å². The fraction of sp³-hybridized carbons (Fsp3) is 0.778. The predicted octanol–water partition coefficient (Wildman–Crippen LogP) is 0.622. The van der Waals surface area contributed by atoms with Gasteiger partial charge in [-0.1, -0.05) is 0 Å². The number of hydrogen-bond donors (Lipinski definition) is 1. The Bertz CT molecular complexity index is 231. The smallest absolute Gasteiger partial charge is 0.314 e. The monoisotopic (exact) mass is 181 g/mol. The van der Waals surface area contributed by atoms with E-state index in [2.05, 4.69) is 4.99 Å². The molecule has 2 amide bonds. The number of urea groups is 1. The number of rotatable bonds is 0. The number of amides is 2. The first kappa shape index (κ1) is 8.53. The van der Waals surface area contributed by atoms with E-state index in [1.54, 1.807) is 4.90 Å². The Labute approximate surface area is 77.8 Å². The molecule has 4 heteroatoms. The van der Waals surface area contributed by atoms with Crippen molar-refractivity contribution in [1.82, 2.24) is 4.90 Å². The van der Waals surface area contributed by atoms with E-state index in [0.29, 0.717) is 5.41 Å². The second kappa shape index (κ2) is 3.01. The van der Waals surface area contributed by atoms with Crippen molar-refractivity contribution in [3.63, 3.8) is 0 Å². The van der Waals surface area contributed by atoms with E-state index in [9.17, 15) is 4.79 Å². The molecule has 72 valence electrons. The van der Waals surface area contributed by atoms with Crippen LogP contribution in [-0.4, -0.2) is 36.8 Å². The van der Waals surface area contributed by atoms with Crippen LogP contribution in [0.15, 0.2) is 4.99 Å². The van der Waals surface area contributed by atoms with Gasteiger partial charge in [0.1, 0.15) is 0 Å². The zero-order chi connectivity index (χ0) is 9.31. The third-order valence-corrected chi connectivity index (χ3v) is 3.22. The van der Waals surface area contributed by atoms with Gasteiger partial charge in [-0.25, -0.2) is 4.79 Å². The summed E-state index contributed by atoms with van der Waals surface area (Å²) in [6, 6.07) is -0.284. The summed E-state index contributed by atoms with van der Waals surface area (Å²) in [6.45, 7) is 2.55. The maximum absolute atomic E-state index is 10.9. The van der Waals surface area contributed by atoms with Crippen molar-refractivity contribution in [2.24, 2.45) is 16.1 Å². The largest absolute Gasteiger partial charge is 0.351 e. The lowest BCUT2D eigenvalue weighted by molar-refractivity contribution is 0.137. The molecular formula is C9H15N3O. The van der Waals surface area contributed by atoms with E-state index in [0.717, 1.165) is 38.9 Å². The van der Waals surface area contributed by atoms with Gasteiger partial charge in [-0.15, -0.1) is 0 Å². The number of primary amides is 1. The first-order valence-electron chi connectivity index (χ1n) is 4.75. The molecule has 13 heavy (non-hydrogen) atoms. The van der Waals surface area contributed by atoms with Gasteiger partial charge in [0.05, 0.1) is 0 Å².